The highest BCUT2D eigenvalue weighted by Gasteiger charge is 2.57. The van der Waals surface area contributed by atoms with Gasteiger partial charge in [0.2, 0.25) is 5.95 Å². The summed E-state index contributed by atoms with van der Waals surface area (Å²) in [4.78, 5) is 22.2. The summed E-state index contributed by atoms with van der Waals surface area (Å²) in [6, 6.07) is 1.69. The largest absolute Gasteiger partial charge is 0.481 e. The average Bonchev–Trinajstić information content (AvgIpc) is 3.02. The van der Waals surface area contributed by atoms with Crippen LogP contribution in [0, 0.1) is 29.1 Å². The van der Waals surface area contributed by atoms with E-state index in [-0.39, 0.29) is 42.0 Å². The van der Waals surface area contributed by atoms with Crippen LogP contribution >= 0.6 is 0 Å². The maximum atomic E-state index is 13.5. The van der Waals surface area contributed by atoms with Gasteiger partial charge in [-0.15, -0.1) is 0 Å². The zero-order valence-corrected chi connectivity index (χ0v) is 14.6. The van der Waals surface area contributed by atoms with Crippen LogP contribution in [0.5, 0.6) is 0 Å². The van der Waals surface area contributed by atoms with Crippen molar-refractivity contribution in [3.05, 3.63) is 11.3 Å². The van der Waals surface area contributed by atoms with Gasteiger partial charge in [0, 0.05) is 32.1 Å². The third kappa shape index (κ3) is 2.95. The molecule has 1 saturated carbocycles. The summed E-state index contributed by atoms with van der Waals surface area (Å²) in [6.07, 6.45) is -3.83. The number of aliphatic carboxylic acids is 1. The van der Waals surface area contributed by atoms with E-state index >= 15 is 0 Å². The average molecular weight is 381 g/mol. The first-order valence-corrected chi connectivity index (χ1v) is 8.83. The number of nitriles is 1. The molecule has 2 saturated heterocycles. The Morgan fingerprint density at radius 2 is 2.00 bits per heavy atom. The minimum atomic E-state index is -4.75. The number of rotatable bonds is 4. The molecule has 7 nitrogen and oxygen atoms in total. The fourth-order valence-electron chi connectivity index (χ4n) is 4.24. The number of nitrogens with zero attached hydrogens (tertiary/aromatic N) is 5. The topological polar surface area (TPSA) is 93.4 Å². The Kier molecular flexibility index (Phi) is 3.94. The second-order valence-electron chi connectivity index (χ2n) is 7.51. The predicted molar refractivity (Wildman–Crippen MR) is 88.1 cm³/mol. The lowest BCUT2D eigenvalue weighted by Gasteiger charge is -2.39. The number of fused-ring (bicyclic) bond motifs is 1. The fourth-order valence-corrected chi connectivity index (χ4v) is 4.24. The van der Waals surface area contributed by atoms with E-state index < -0.39 is 23.4 Å². The Labute approximate surface area is 153 Å². The highest BCUT2D eigenvalue weighted by atomic mass is 19.4. The second-order valence-corrected chi connectivity index (χ2v) is 7.51. The van der Waals surface area contributed by atoms with Crippen molar-refractivity contribution in [3.8, 4) is 6.07 Å². The van der Waals surface area contributed by atoms with Crippen molar-refractivity contribution in [2.75, 3.05) is 29.4 Å². The summed E-state index contributed by atoms with van der Waals surface area (Å²) in [7, 11) is 0. The van der Waals surface area contributed by atoms with Crippen molar-refractivity contribution < 1.29 is 23.1 Å². The molecule has 4 rings (SSSR count). The van der Waals surface area contributed by atoms with Crippen LogP contribution < -0.4 is 9.80 Å². The van der Waals surface area contributed by atoms with Crippen molar-refractivity contribution in [1.29, 1.82) is 5.26 Å². The highest BCUT2D eigenvalue weighted by molar-refractivity contribution is 5.68. The summed E-state index contributed by atoms with van der Waals surface area (Å²) >= 11 is 0. The first-order valence-electron chi connectivity index (χ1n) is 8.83. The molecule has 144 valence electrons. The SMILES string of the molecule is C[C@H]1CCN1c1nc(N2C[C@@H]3C(CC(=O)O)[C@@H]3C2)c(C#N)c(C(F)(F)F)n1. The normalized spacial score (nSPS) is 29.1. The Hall–Kier alpha value is -2.57. The number of hydrogen-bond donors (Lipinski definition) is 1. The third-order valence-electron chi connectivity index (χ3n) is 5.92. The van der Waals surface area contributed by atoms with Crippen LogP contribution in [-0.4, -0.2) is 46.7 Å². The van der Waals surface area contributed by atoms with E-state index in [9.17, 15) is 23.2 Å². The van der Waals surface area contributed by atoms with Crippen molar-refractivity contribution in [1.82, 2.24) is 9.97 Å². The molecule has 0 radical (unpaired) electrons. The van der Waals surface area contributed by atoms with Crippen LogP contribution in [0.25, 0.3) is 0 Å². The number of hydrogen-bond acceptors (Lipinski definition) is 6. The van der Waals surface area contributed by atoms with Crippen LogP contribution in [0.2, 0.25) is 0 Å². The smallest absolute Gasteiger partial charge is 0.434 e. The van der Waals surface area contributed by atoms with Crippen LogP contribution in [0.15, 0.2) is 0 Å². The van der Waals surface area contributed by atoms with E-state index in [0.717, 1.165) is 6.42 Å². The Bertz CT molecular complexity index is 825. The lowest BCUT2D eigenvalue weighted by molar-refractivity contribution is -0.141. The highest BCUT2D eigenvalue weighted by Crippen LogP contribution is 2.54. The van der Waals surface area contributed by atoms with Gasteiger partial charge in [0.25, 0.3) is 0 Å². The van der Waals surface area contributed by atoms with E-state index in [4.69, 9.17) is 5.11 Å². The molecule has 3 aliphatic rings. The number of carbonyl (C=O) groups is 1. The molecule has 3 heterocycles. The summed E-state index contributed by atoms with van der Waals surface area (Å²) in [5.41, 5.74) is -1.76. The van der Waals surface area contributed by atoms with Gasteiger partial charge in [-0.05, 0) is 31.1 Å². The van der Waals surface area contributed by atoms with E-state index in [1.54, 1.807) is 15.9 Å². The quantitative estimate of drug-likeness (QED) is 0.854. The van der Waals surface area contributed by atoms with Gasteiger partial charge in [0.15, 0.2) is 11.5 Å². The Morgan fingerprint density at radius 1 is 1.33 bits per heavy atom. The summed E-state index contributed by atoms with van der Waals surface area (Å²) in [5.74, 6) is -0.545. The minimum Gasteiger partial charge on any atom is -0.481 e. The molecular formula is C17H18F3N5O2. The number of carboxylic acid groups (broad SMARTS) is 1. The summed E-state index contributed by atoms with van der Waals surface area (Å²) < 4.78 is 40.5. The summed E-state index contributed by atoms with van der Waals surface area (Å²) in [5, 5.41) is 18.3. The number of carboxylic acids is 1. The molecule has 27 heavy (non-hydrogen) atoms. The molecule has 1 N–H and O–H groups in total. The molecular weight excluding hydrogens is 363 g/mol. The third-order valence-corrected chi connectivity index (χ3v) is 5.92. The molecule has 10 heteroatoms. The molecule has 3 fully saturated rings. The molecule has 1 aromatic heterocycles. The fraction of sp³-hybridized carbons (Fsp3) is 0.647. The molecule has 2 aliphatic heterocycles. The van der Waals surface area contributed by atoms with Gasteiger partial charge in [0.1, 0.15) is 11.6 Å². The molecule has 1 aromatic rings. The van der Waals surface area contributed by atoms with Crippen LogP contribution in [0.1, 0.15) is 31.0 Å². The van der Waals surface area contributed by atoms with Gasteiger partial charge in [-0.2, -0.15) is 23.4 Å². The minimum absolute atomic E-state index is 0.00210. The lowest BCUT2D eigenvalue weighted by Crippen LogP contribution is -2.47. The zero-order valence-electron chi connectivity index (χ0n) is 14.6. The van der Waals surface area contributed by atoms with Crippen molar-refractivity contribution in [3.63, 3.8) is 0 Å². The van der Waals surface area contributed by atoms with Crippen molar-refractivity contribution >= 4 is 17.7 Å². The molecule has 0 bridgehead atoms. The van der Waals surface area contributed by atoms with E-state index in [1.165, 1.54) is 0 Å². The number of piperidine rings is 1. The number of anilines is 2. The Balaban J connectivity index is 1.67. The molecule has 1 unspecified atom stereocenters. The summed E-state index contributed by atoms with van der Waals surface area (Å²) in [6.45, 7) is 3.30. The predicted octanol–water partition coefficient (Wildman–Crippen LogP) is 2.12. The van der Waals surface area contributed by atoms with Crippen molar-refractivity contribution in [2.45, 2.75) is 32.0 Å². The Morgan fingerprint density at radius 3 is 2.44 bits per heavy atom. The molecule has 0 amide bonds. The van der Waals surface area contributed by atoms with Gasteiger partial charge >= 0.3 is 12.1 Å². The lowest BCUT2D eigenvalue weighted by atomic mass is 10.1. The molecule has 4 atom stereocenters. The number of alkyl halides is 3. The van der Waals surface area contributed by atoms with E-state index in [0.29, 0.717) is 19.6 Å². The molecule has 0 spiro atoms. The van der Waals surface area contributed by atoms with Crippen LogP contribution in [0.3, 0.4) is 0 Å². The molecule has 1 aliphatic carbocycles. The van der Waals surface area contributed by atoms with Gasteiger partial charge in [0.05, 0.1) is 0 Å². The first-order chi connectivity index (χ1) is 12.7. The maximum Gasteiger partial charge on any atom is 0.434 e. The van der Waals surface area contributed by atoms with E-state index in [1.807, 2.05) is 6.92 Å². The standard InChI is InChI=1S/C17H18F3N5O2/c1-8-2-3-25(8)16-22-14(17(18,19)20)10(5-21)15(23-16)24-6-11-9(4-13(26)27)12(11)7-24/h8-9,11-12H,2-4,6-7H2,1H3,(H,26,27)/t8-,9?,11-,12+/m0/s1. The monoisotopic (exact) mass is 381 g/mol. The van der Waals surface area contributed by atoms with Gasteiger partial charge in [-0.1, -0.05) is 0 Å². The molecule has 0 aromatic carbocycles. The van der Waals surface area contributed by atoms with E-state index in [2.05, 4.69) is 9.97 Å². The maximum absolute atomic E-state index is 13.5. The van der Waals surface area contributed by atoms with Gasteiger partial charge < -0.3 is 14.9 Å². The zero-order chi connectivity index (χ0) is 19.5. The number of aromatic nitrogens is 2. The number of halogens is 3. The van der Waals surface area contributed by atoms with Crippen LogP contribution in [0.4, 0.5) is 24.9 Å². The van der Waals surface area contributed by atoms with Gasteiger partial charge in [-0.3, -0.25) is 4.79 Å². The van der Waals surface area contributed by atoms with Gasteiger partial charge in [-0.25, -0.2) is 4.98 Å². The van der Waals surface area contributed by atoms with Crippen LogP contribution in [-0.2, 0) is 11.0 Å². The first kappa shape index (κ1) is 17.8. The second kappa shape index (κ2) is 5.97. The van der Waals surface area contributed by atoms with Crippen molar-refractivity contribution in [2.24, 2.45) is 17.8 Å².